The fourth-order valence-electron chi connectivity index (χ4n) is 4.70. The summed E-state index contributed by atoms with van der Waals surface area (Å²) in [5, 5.41) is 15.7. The first-order chi connectivity index (χ1) is 14.6. The fourth-order valence-corrected chi connectivity index (χ4v) is 4.70. The highest BCUT2D eigenvalue weighted by atomic mass is 16.5. The molecule has 2 aromatic rings. The SMILES string of the molecule is [N-]=[N+]=NC[C@@H]1C[C@@H](NC(=O)OCC2c3ccccc3-c3ccccc32)C[C@H]1C(=O)O. The van der Waals surface area contributed by atoms with Gasteiger partial charge in [0.05, 0.1) is 5.92 Å². The van der Waals surface area contributed by atoms with Gasteiger partial charge >= 0.3 is 12.1 Å². The summed E-state index contributed by atoms with van der Waals surface area (Å²) in [6.45, 7) is 0.313. The van der Waals surface area contributed by atoms with Gasteiger partial charge in [-0.05, 0) is 46.5 Å². The number of hydrogen-bond acceptors (Lipinski definition) is 4. The molecule has 1 fully saturated rings. The van der Waals surface area contributed by atoms with Crippen molar-refractivity contribution < 1.29 is 19.4 Å². The van der Waals surface area contributed by atoms with E-state index in [0.717, 1.165) is 22.3 Å². The van der Waals surface area contributed by atoms with Crippen LogP contribution < -0.4 is 5.32 Å². The molecule has 0 aromatic heterocycles. The number of alkyl carbamates (subject to hydrolysis) is 1. The second-order valence-electron chi connectivity index (χ2n) is 7.76. The first-order valence-corrected chi connectivity index (χ1v) is 9.93. The molecule has 1 saturated carbocycles. The first kappa shape index (κ1) is 19.8. The lowest BCUT2D eigenvalue weighted by Crippen LogP contribution is -2.34. The summed E-state index contributed by atoms with van der Waals surface area (Å²) in [6, 6.07) is 15.9. The third kappa shape index (κ3) is 3.82. The summed E-state index contributed by atoms with van der Waals surface area (Å²) in [7, 11) is 0. The number of rotatable bonds is 6. The van der Waals surface area contributed by atoms with Crippen molar-refractivity contribution in [1.82, 2.24) is 5.32 Å². The van der Waals surface area contributed by atoms with Gasteiger partial charge in [0, 0.05) is 23.4 Å². The molecule has 0 radical (unpaired) electrons. The zero-order chi connectivity index (χ0) is 21.1. The standard InChI is InChI=1S/C22H22N4O4/c23-26-24-11-13-9-14(10-19(13)21(27)28)25-22(29)30-12-20-17-7-3-1-5-15(17)16-6-2-4-8-18(16)20/h1-8,13-14,19-20H,9-12H2,(H,25,29)(H,27,28)/t13-,14+,19+/m0/s1. The van der Waals surface area contributed by atoms with Crippen LogP contribution in [0.1, 0.15) is 29.9 Å². The molecule has 154 valence electrons. The summed E-state index contributed by atoms with van der Waals surface area (Å²) in [5.74, 6) is -1.91. The molecular weight excluding hydrogens is 384 g/mol. The third-order valence-electron chi connectivity index (χ3n) is 6.06. The molecule has 1 amide bonds. The number of aliphatic carboxylic acids is 1. The first-order valence-electron chi connectivity index (χ1n) is 9.93. The second-order valence-corrected chi connectivity index (χ2v) is 7.76. The van der Waals surface area contributed by atoms with Gasteiger partial charge in [-0.3, -0.25) is 4.79 Å². The van der Waals surface area contributed by atoms with E-state index in [1.807, 2.05) is 24.3 Å². The minimum Gasteiger partial charge on any atom is -0.481 e. The minimum atomic E-state index is -0.940. The van der Waals surface area contributed by atoms with Crippen LogP contribution >= 0.6 is 0 Å². The number of amides is 1. The average molecular weight is 406 g/mol. The van der Waals surface area contributed by atoms with Crippen LogP contribution in [0.4, 0.5) is 4.79 Å². The largest absolute Gasteiger partial charge is 0.481 e. The van der Waals surface area contributed by atoms with Crippen LogP contribution in [0.5, 0.6) is 0 Å². The van der Waals surface area contributed by atoms with Crippen LogP contribution in [-0.4, -0.2) is 36.4 Å². The molecule has 0 aliphatic heterocycles. The van der Waals surface area contributed by atoms with E-state index >= 15 is 0 Å². The number of azide groups is 1. The van der Waals surface area contributed by atoms with Crippen LogP contribution in [0.25, 0.3) is 21.6 Å². The number of fused-ring (bicyclic) bond motifs is 3. The molecule has 0 heterocycles. The second kappa shape index (κ2) is 8.47. The molecule has 3 atom stereocenters. The Bertz CT molecular complexity index is 972. The van der Waals surface area contributed by atoms with E-state index in [4.69, 9.17) is 10.3 Å². The Morgan fingerprint density at radius 1 is 1.10 bits per heavy atom. The quantitative estimate of drug-likeness (QED) is 0.421. The third-order valence-corrected chi connectivity index (χ3v) is 6.06. The zero-order valence-corrected chi connectivity index (χ0v) is 16.3. The Labute approximate surface area is 173 Å². The maximum atomic E-state index is 12.4. The lowest BCUT2D eigenvalue weighted by molar-refractivity contribution is -0.142. The summed E-state index contributed by atoms with van der Waals surface area (Å²) >= 11 is 0. The smallest absolute Gasteiger partial charge is 0.407 e. The average Bonchev–Trinajstić information content (AvgIpc) is 3.30. The normalized spacial score (nSPS) is 21.9. The lowest BCUT2D eigenvalue weighted by atomic mass is 9.97. The number of benzene rings is 2. The number of carbonyl (C=O) groups is 2. The van der Waals surface area contributed by atoms with Gasteiger partial charge in [-0.1, -0.05) is 53.6 Å². The van der Waals surface area contributed by atoms with Crippen molar-refractivity contribution >= 4 is 12.1 Å². The predicted molar refractivity (Wildman–Crippen MR) is 110 cm³/mol. The van der Waals surface area contributed by atoms with E-state index in [0.29, 0.717) is 12.8 Å². The van der Waals surface area contributed by atoms with Crippen molar-refractivity contribution in [1.29, 1.82) is 0 Å². The zero-order valence-electron chi connectivity index (χ0n) is 16.3. The number of carboxylic acids is 1. The Kier molecular flexibility index (Phi) is 5.59. The van der Waals surface area contributed by atoms with Gasteiger partial charge in [0.15, 0.2) is 0 Å². The molecule has 2 aliphatic rings. The van der Waals surface area contributed by atoms with Crippen LogP contribution in [-0.2, 0) is 9.53 Å². The van der Waals surface area contributed by atoms with Gasteiger partial charge in [0.1, 0.15) is 6.61 Å². The van der Waals surface area contributed by atoms with Crippen molar-refractivity contribution in [3.05, 3.63) is 70.1 Å². The highest BCUT2D eigenvalue weighted by Gasteiger charge is 2.39. The van der Waals surface area contributed by atoms with Gasteiger partial charge in [-0.2, -0.15) is 0 Å². The van der Waals surface area contributed by atoms with Gasteiger partial charge < -0.3 is 15.2 Å². The van der Waals surface area contributed by atoms with Crippen molar-refractivity contribution in [2.24, 2.45) is 17.0 Å². The van der Waals surface area contributed by atoms with E-state index < -0.39 is 18.0 Å². The molecule has 2 aromatic carbocycles. The van der Waals surface area contributed by atoms with Crippen molar-refractivity contribution in [3.8, 4) is 11.1 Å². The highest BCUT2D eigenvalue weighted by molar-refractivity contribution is 5.79. The Morgan fingerprint density at radius 3 is 2.33 bits per heavy atom. The molecule has 0 saturated heterocycles. The monoisotopic (exact) mass is 406 g/mol. The molecule has 2 aliphatic carbocycles. The van der Waals surface area contributed by atoms with E-state index in [1.54, 1.807) is 0 Å². The number of hydrogen-bond donors (Lipinski definition) is 2. The maximum absolute atomic E-state index is 12.4. The topological polar surface area (TPSA) is 124 Å². The van der Waals surface area contributed by atoms with E-state index in [-0.39, 0.29) is 31.0 Å². The van der Waals surface area contributed by atoms with Crippen LogP contribution in [0.15, 0.2) is 53.6 Å². The van der Waals surface area contributed by atoms with Gasteiger partial charge in [-0.15, -0.1) is 0 Å². The Hall–Kier alpha value is -3.51. The van der Waals surface area contributed by atoms with Crippen molar-refractivity contribution in [3.63, 3.8) is 0 Å². The number of nitrogens with zero attached hydrogens (tertiary/aromatic N) is 3. The molecule has 0 bridgehead atoms. The Morgan fingerprint density at radius 2 is 1.73 bits per heavy atom. The molecule has 0 spiro atoms. The van der Waals surface area contributed by atoms with Gasteiger partial charge in [-0.25, -0.2) is 4.79 Å². The number of nitrogens with one attached hydrogen (secondary N) is 1. The van der Waals surface area contributed by atoms with Crippen molar-refractivity contribution in [2.45, 2.75) is 24.8 Å². The molecule has 8 nitrogen and oxygen atoms in total. The molecular formula is C22H22N4O4. The van der Waals surface area contributed by atoms with E-state index in [9.17, 15) is 14.7 Å². The molecule has 8 heteroatoms. The summed E-state index contributed by atoms with van der Waals surface area (Å²) < 4.78 is 5.53. The Balaban J connectivity index is 1.39. The van der Waals surface area contributed by atoms with Gasteiger partial charge in [0.2, 0.25) is 0 Å². The molecule has 30 heavy (non-hydrogen) atoms. The molecule has 4 rings (SSSR count). The summed E-state index contributed by atoms with van der Waals surface area (Å²) in [5.41, 5.74) is 13.1. The number of carboxylic acid groups (broad SMARTS) is 1. The lowest BCUT2D eigenvalue weighted by Gasteiger charge is -2.17. The number of ether oxygens (including phenoxy) is 1. The summed E-state index contributed by atoms with van der Waals surface area (Å²) in [4.78, 5) is 26.6. The van der Waals surface area contributed by atoms with Gasteiger partial charge in [0.25, 0.3) is 0 Å². The maximum Gasteiger partial charge on any atom is 0.407 e. The molecule has 2 N–H and O–H groups in total. The van der Waals surface area contributed by atoms with Crippen molar-refractivity contribution in [2.75, 3.05) is 13.2 Å². The minimum absolute atomic E-state index is 0.0313. The fraction of sp³-hybridized carbons (Fsp3) is 0.364. The van der Waals surface area contributed by atoms with E-state index in [2.05, 4.69) is 39.6 Å². The van der Waals surface area contributed by atoms with E-state index in [1.165, 1.54) is 0 Å². The van der Waals surface area contributed by atoms with Crippen LogP contribution in [0.3, 0.4) is 0 Å². The molecule has 0 unspecified atom stereocenters. The van der Waals surface area contributed by atoms with Crippen LogP contribution in [0.2, 0.25) is 0 Å². The number of carbonyl (C=O) groups excluding carboxylic acids is 1. The summed E-state index contributed by atoms with van der Waals surface area (Å²) in [6.07, 6.45) is 0.182. The predicted octanol–water partition coefficient (Wildman–Crippen LogP) is 4.31. The highest BCUT2D eigenvalue weighted by Crippen LogP contribution is 2.44. The van der Waals surface area contributed by atoms with Crippen LogP contribution in [0, 0.1) is 11.8 Å².